The average molecular weight is 284 g/mol. The molecular weight excluding hydrogens is 264 g/mol. The van der Waals surface area contributed by atoms with Crippen molar-refractivity contribution in [3.63, 3.8) is 0 Å². The first-order valence-corrected chi connectivity index (χ1v) is 8.07. The van der Waals surface area contributed by atoms with Crippen LogP contribution in [0.4, 0.5) is 5.95 Å². The summed E-state index contributed by atoms with van der Waals surface area (Å²) < 4.78 is 26.4. The third-order valence-corrected chi connectivity index (χ3v) is 5.18. The molecule has 2 rings (SSSR count). The predicted molar refractivity (Wildman–Crippen MR) is 74.5 cm³/mol. The van der Waals surface area contributed by atoms with Gasteiger partial charge in [-0.3, -0.25) is 0 Å². The van der Waals surface area contributed by atoms with Gasteiger partial charge in [0.15, 0.2) is 0 Å². The van der Waals surface area contributed by atoms with Gasteiger partial charge >= 0.3 is 0 Å². The first-order chi connectivity index (χ1) is 8.99. The van der Waals surface area contributed by atoms with E-state index in [1.165, 1.54) is 0 Å². The number of nitrogens with zero attached hydrogens (tertiary/aromatic N) is 3. The molecular formula is C12H20N4O2S. The molecule has 6 nitrogen and oxygen atoms in total. The van der Waals surface area contributed by atoms with Crippen molar-refractivity contribution in [1.82, 2.24) is 14.7 Å². The summed E-state index contributed by atoms with van der Waals surface area (Å²) in [6.45, 7) is 4.93. The number of nitrogens with one attached hydrogen (secondary N) is 1. The molecule has 0 amide bonds. The summed E-state index contributed by atoms with van der Waals surface area (Å²) in [4.78, 5) is 10.5. The second kappa shape index (κ2) is 5.83. The zero-order valence-corrected chi connectivity index (χ0v) is 12.1. The summed E-state index contributed by atoms with van der Waals surface area (Å²) in [5.41, 5.74) is 0. The zero-order valence-electron chi connectivity index (χ0n) is 11.3. The Morgan fingerprint density at radius 2 is 1.84 bits per heavy atom. The minimum absolute atomic E-state index is 0.0207. The molecule has 1 aromatic heterocycles. The maximum absolute atomic E-state index is 11.8. The fourth-order valence-electron chi connectivity index (χ4n) is 2.02. The molecule has 1 fully saturated rings. The summed E-state index contributed by atoms with van der Waals surface area (Å²) >= 11 is 0. The highest BCUT2D eigenvalue weighted by molar-refractivity contribution is 7.90. The minimum atomic E-state index is -3.18. The fraction of sp³-hybridized carbons (Fsp3) is 0.667. The second-order valence-electron chi connectivity index (χ2n) is 5.02. The zero-order chi connectivity index (χ0) is 13.9. The Kier molecular flexibility index (Phi) is 4.36. The van der Waals surface area contributed by atoms with Crippen LogP contribution in [0.15, 0.2) is 18.5 Å². The molecule has 1 N–H and O–H groups in total. The maximum Gasteiger partial charge on any atom is 0.225 e. The number of piperidine rings is 1. The Labute approximate surface area is 114 Å². The Morgan fingerprint density at radius 3 is 2.37 bits per heavy atom. The van der Waals surface area contributed by atoms with Crippen LogP contribution in [0.25, 0.3) is 0 Å². The lowest BCUT2D eigenvalue weighted by atomic mass is 10.1. The van der Waals surface area contributed by atoms with Crippen LogP contribution in [-0.4, -0.2) is 42.8 Å². The lowest BCUT2D eigenvalue weighted by Gasteiger charge is -2.32. The van der Waals surface area contributed by atoms with Gasteiger partial charge in [0, 0.05) is 31.5 Å². The van der Waals surface area contributed by atoms with Crippen molar-refractivity contribution in [2.24, 2.45) is 0 Å². The van der Waals surface area contributed by atoms with E-state index in [-0.39, 0.29) is 11.3 Å². The van der Waals surface area contributed by atoms with E-state index >= 15 is 0 Å². The smallest absolute Gasteiger partial charge is 0.225 e. The molecule has 1 saturated heterocycles. The van der Waals surface area contributed by atoms with Crippen LogP contribution < -0.4 is 9.62 Å². The molecule has 1 aromatic rings. The Bertz CT molecular complexity index is 496. The molecule has 1 aliphatic rings. The first-order valence-electron chi connectivity index (χ1n) is 6.52. The van der Waals surface area contributed by atoms with Gasteiger partial charge < -0.3 is 4.90 Å². The summed E-state index contributed by atoms with van der Waals surface area (Å²) in [7, 11) is -3.18. The van der Waals surface area contributed by atoms with E-state index in [9.17, 15) is 8.42 Å². The molecule has 19 heavy (non-hydrogen) atoms. The molecule has 0 aromatic carbocycles. The number of sulfonamides is 1. The normalized spacial score (nSPS) is 17.9. The van der Waals surface area contributed by atoms with Gasteiger partial charge in [-0.05, 0) is 32.8 Å². The van der Waals surface area contributed by atoms with Gasteiger partial charge in [0.25, 0.3) is 0 Å². The van der Waals surface area contributed by atoms with Crippen LogP contribution >= 0.6 is 0 Å². The van der Waals surface area contributed by atoms with E-state index in [0.29, 0.717) is 5.95 Å². The van der Waals surface area contributed by atoms with Crippen LogP contribution in [0.5, 0.6) is 0 Å². The predicted octanol–water partition coefficient (Wildman–Crippen LogP) is 0.773. The number of anilines is 1. The quantitative estimate of drug-likeness (QED) is 0.884. The van der Waals surface area contributed by atoms with Crippen molar-refractivity contribution in [3.05, 3.63) is 18.5 Å². The van der Waals surface area contributed by atoms with Gasteiger partial charge in [0.1, 0.15) is 0 Å². The van der Waals surface area contributed by atoms with E-state index in [2.05, 4.69) is 19.6 Å². The number of hydrogen-bond donors (Lipinski definition) is 1. The van der Waals surface area contributed by atoms with Gasteiger partial charge in [0.2, 0.25) is 16.0 Å². The molecule has 106 valence electrons. The fourth-order valence-corrected chi connectivity index (χ4v) is 2.99. The standard InChI is InChI=1S/C12H20N4O2S/c1-10(2)19(17,18)15-11-4-8-16(9-5-11)12-13-6-3-7-14-12/h3,6-7,10-11,15H,4-5,8-9H2,1-2H3. The van der Waals surface area contributed by atoms with Crippen LogP contribution in [0.2, 0.25) is 0 Å². The third kappa shape index (κ3) is 3.63. The number of aromatic nitrogens is 2. The van der Waals surface area contributed by atoms with Crippen LogP contribution in [0.1, 0.15) is 26.7 Å². The Balaban J connectivity index is 1.90. The average Bonchev–Trinajstić information content (AvgIpc) is 2.40. The van der Waals surface area contributed by atoms with Gasteiger partial charge in [0.05, 0.1) is 5.25 Å². The van der Waals surface area contributed by atoms with Gasteiger partial charge in [-0.1, -0.05) is 0 Å². The molecule has 1 aliphatic heterocycles. The van der Waals surface area contributed by atoms with E-state index in [0.717, 1.165) is 25.9 Å². The summed E-state index contributed by atoms with van der Waals surface area (Å²) in [5.74, 6) is 0.715. The van der Waals surface area contributed by atoms with E-state index in [1.54, 1.807) is 32.3 Å². The highest BCUT2D eigenvalue weighted by atomic mass is 32.2. The molecule has 0 spiro atoms. The van der Waals surface area contributed by atoms with Crippen molar-refractivity contribution >= 4 is 16.0 Å². The van der Waals surface area contributed by atoms with Crippen LogP contribution in [-0.2, 0) is 10.0 Å². The van der Waals surface area contributed by atoms with Crippen molar-refractivity contribution in [2.45, 2.75) is 38.0 Å². The van der Waals surface area contributed by atoms with Crippen molar-refractivity contribution < 1.29 is 8.42 Å². The van der Waals surface area contributed by atoms with Crippen molar-refractivity contribution in [1.29, 1.82) is 0 Å². The SMILES string of the molecule is CC(C)S(=O)(=O)NC1CCN(c2ncccn2)CC1. The first kappa shape index (κ1) is 14.2. The highest BCUT2D eigenvalue weighted by Gasteiger charge is 2.25. The van der Waals surface area contributed by atoms with Crippen LogP contribution in [0, 0.1) is 0 Å². The summed E-state index contributed by atoms with van der Waals surface area (Å²) in [6.07, 6.45) is 5.00. The van der Waals surface area contributed by atoms with Gasteiger partial charge in [-0.2, -0.15) is 0 Å². The minimum Gasteiger partial charge on any atom is -0.341 e. The second-order valence-corrected chi connectivity index (χ2v) is 7.29. The molecule has 2 heterocycles. The largest absolute Gasteiger partial charge is 0.341 e. The molecule has 0 radical (unpaired) electrons. The Hall–Kier alpha value is -1.21. The lowest BCUT2D eigenvalue weighted by molar-refractivity contribution is 0.454. The monoisotopic (exact) mass is 284 g/mol. The van der Waals surface area contributed by atoms with E-state index < -0.39 is 10.0 Å². The molecule has 0 saturated carbocycles. The van der Waals surface area contributed by atoms with E-state index in [4.69, 9.17) is 0 Å². The highest BCUT2D eigenvalue weighted by Crippen LogP contribution is 2.16. The van der Waals surface area contributed by atoms with Crippen LogP contribution in [0.3, 0.4) is 0 Å². The number of hydrogen-bond acceptors (Lipinski definition) is 5. The van der Waals surface area contributed by atoms with Gasteiger partial charge in [-0.25, -0.2) is 23.1 Å². The number of rotatable bonds is 4. The lowest BCUT2D eigenvalue weighted by Crippen LogP contribution is -2.46. The van der Waals surface area contributed by atoms with Gasteiger partial charge in [-0.15, -0.1) is 0 Å². The van der Waals surface area contributed by atoms with Crippen molar-refractivity contribution in [2.75, 3.05) is 18.0 Å². The molecule has 0 atom stereocenters. The Morgan fingerprint density at radius 1 is 1.26 bits per heavy atom. The topological polar surface area (TPSA) is 75.2 Å². The maximum atomic E-state index is 11.8. The summed E-state index contributed by atoms with van der Waals surface area (Å²) in [6, 6.07) is 1.81. The third-order valence-electron chi connectivity index (χ3n) is 3.28. The summed E-state index contributed by atoms with van der Waals surface area (Å²) in [5, 5.41) is -0.386. The molecule has 7 heteroatoms. The molecule has 0 unspecified atom stereocenters. The van der Waals surface area contributed by atoms with E-state index in [1.807, 2.05) is 0 Å². The molecule has 0 aliphatic carbocycles. The molecule has 0 bridgehead atoms. The van der Waals surface area contributed by atoms with Crippen molar-refractivity contribution in [3.8, 4) is 0 Å².